The number of nitrogens with one attached hydrogen (secondary N) is 3. The lowest BCUT2D eigenvalue weighted by atomic mass is 9.43. The predicted molar refractivity (Wildman–Crippen MR) is 200 cm³/mol. The quantitative estimate of drug-likeness (QED) is 0.0862. The van der Waals surface area contributed by atoms with Crippen LogP contribution in [0.15, 0.2) is 0 Å². The summed E-state index contributed by atoms with van der Waals surface area (Å²) in [4.78, 5) is 15.2. The molecule has 4 aliphatic carbocycles. The minimum absolute atomic E-state index is 0.135. The molecule has 0 aromatic carbocycles. The van der Waals surface area contributed by atoms with Crippen LogP contribution in [0.3, 0.4) is 0 Å². The standard InChI is InChI=1S/C41H75N5O2/c1-8-31(13-16-38(48)46(29(2)3)30(4)5)34-14-15-35-39-36(18-20-41(34,35)7)40(6)19-17-33(27-32(40)28-37(39)47)45-26-12-25-44-23-10-9-22-43-24-11-21-42/h1,29-37,39,43-45,47H,9-28,42H2,2-7H3/t31-,32?,33+,34-,35?,36?,37-,39?,40+,41-/m1/s1. The molecule has 6 N–H and O–H groups in total. The summed E-state index contributed by atoms with van der Waals surface area (Å²) >= 11 is 0. The fourth-order valence-corrected chi connectivity index (χ4v) is 11.6. The van der Waals surface area contributed by atoms with Gasteiger partial charge in [0.2, 0.25) is 5.91 Å². The molecule has 0 spiro atoms. The van der Waals surface area contributed by atoms with Crippen LogP contribution in [-0.4, -0.2) is 79.4 Å². The van der Waals surface area contributed by atoms with Crippen LogP contribution < -0.4 is 21.7 Å². The van der Waals surface area contributed by atoms with Crippen molar-refractivity contribution in [3.8, 4) is 12.3 Å². The van der Waals surface area contributed by atoms with Gasteiger partial charge in [0.1, 0.15) is 0 Å². The molecule has 10 atom stereocenters. The van der Waals surface area contributed by atoms with E-state index in [0.717, 1.165) is 65.0 Å². The third-order valence-electron chi connectivity index (χ3n) is 14.0. The lowest BCUT2D eigenvalue weighted by Gasteiger charge is -2.62. The minimum atomic E-state index is -0.202. The van der Waals surface area contributed by atoms with Gasteiger partial charge in [0.05, 0.1) is 6.10 Å². The van der Waals surface area contributed by atoms with Gasteiger partial charge in [-0.05, 0) is 191 Å². The Balaban J connectivity index is 1.24. The molecule has 0 aliphatic heterocycles. The van der Waals surface area contributed by atoms with Gasteiger partial charge in [-0.15, -0.1) is 12.3 Å². The molecule has 4 aliphatic rings. The summed E-state index contributed by atoms with van der Waals surface area (Å²) in [5, 5.41) is 22.9. The van der Waals surface area contributed by atoms with E-state index in [1.165, 1.54) is 57.8 Å². The van der Waals surface area contributed by atoms with Crippen LogP contribution in [-0.2, 0) is 4.79 Å². The summed E-state index contributed by atoms with van der Waals surface area (Å²) in [5.74, 6) is 6.16. The Bertz CT molecular complexity index is 1020. The summed E-state index contributed by atoms with van der Waals surface area (Å²) in [6, 6.07) is 0.992. The maximum absolute atomic E-state index is 13.2. The van der Waals surface area contributed by atoms with E-state index in [1.54, 1.807) is 0 Å². The van der Waals surface area contributed by atoms with Crippen LogP contribution in [0, 0.1) is 58.7 Å². The Morgan fingerprint density at radius 2 is 1.50 bits per heavy atom. The van der Waals surface area contributed by atoms with Crippen molar-refractivity contribution < 1.29 is 9.90 Å². The van der Waals surface area contributed by atoms with Crippen LogP contribution in [0.1, 0.15) is 131 Å². The molecular weight excluding hydrogens is 594 g/mol. The van der Waals surface area contributed by atoms with Crippen molar-refractivity contribution in [2.75, 3.05) is 39.3 Å². The van der Waals surface area contributed by atoms with E-state index in [1.807, 2.05) is 4.90 Å². The van der Waals surface area contributed by atoms with Gasteiger partial charge in [-0.2, -0.15) is 0 Å². The van der Waals surface area contributed by atoms with Crippen LogP contribution in [0.4, 0.5) is 0 Å². The van der Waals surface area contributed by atoms with Gasteiger partial charge in [-0.25, -0.2) is 0 Å². The lowest BCUT2D eigenvalue weighted by Crippen LogP contribution is -2.59. The van der Waals surface area contributed by atoms with E-state index < -0.39 is 0 Å². The van der Waals surface area contributed by atoms with E-state index in [2.05, 4.69) is 63.4 Å². The SMILES string of the molecule is C#C[C@H](CCC(=O)N(C(C)C)C(C)C)[C@H]1CCC2C3C(CC[C@@]21C)[C@@]1(C)CC[C@H](NCCCNCCCCNCCCN)CC1C[C@H]3O. The highest BCUT2D eigenvalue weighted by molar-refractivity contribution is 5.76. The number of carbonyl (C=O) groups excluding carboxylic acids is 1. The Hall–Kier alpha value is -1.17. The minimum Gasteiger partial charge on any atom is -0.393 e. The number of fused-ring (bicyclic) bond motifs is 5. The molecule has 0 bridgehead atoms. The first kappa shape index (κ1) is 39.6. The first-order chi connectivity index (χ1) is 23.0. The van der Waals surface area contributed by atoms with Gasteiger partial charge >= 0.3 is 0 Å². The molecule has 48 heavy (non-hydrogen) atoms. The number of carbonyl (C=O) groups is 1. The number of rotatable bonds is 19. The maximum Gasteiger partial charge on any atom is 0.223 e. The molecule has 4 fully saturated rings. The fraction of sp³-hybridized carbons (Fsp3) is 0.927. The van der Waals surface area contributed by atoms with Gasteiger partial charge in [0, 0.05) is 30.5 Å². The average Bonchev–Trinajstić information content (AvgIpc) is 3.39. The summed E-state index contributed by atoms with van der Waals surface area (Å²) in [5.41, 5.74) is 6.04. The summed E-state index contributed by atoms with van der Waals surface area (Å²) in [6.45, 7) is 19.7. The second kappa shape index (κ2) is 18.4. The van der Waals surface area contributed by atoms with E-state index in [0.29, 0.717) is 47.5 Å². The first-order valence-electron chi connectivity index (χ1n) is 20.3. The molecule has 7 heteroatoms. The Morgan fingerprint density at radius 3 is 2.15 bits per heavy atom. The highest BCUT2D eigenvalue weighted by Gasteiger charge is 2.63. The van der Waals surface area contributed by atoms with Crippen LogP contribution in [0.5, 0.6) is 0 Å². The molecule has 4 unspecified atom stereocenters. The lowest BCUT2D eigenvalue weighted by molar-refractivity contribution is -0.166. The van der Waals surface area contributed by atoms with Crippen molar-refractivity contribution in [3.63, 3.8) is 0 Å². The fourth-order valence-electron chi connectivity index (χ4n) is 11.6. The Morgan fingerprint density at radius 1 is 0.875 bits per heavy atom. The summed E-state index contributed by atoms with van der Waals surface area (Å²) in [6.07, 6.45) is 21.5. The zero-order chi connectivity index (χ0) is 34.9. The number of terminal acetylenes is 1. The number of aliphatic hydroxyl groups excluding tert-OH is 1. The predicted octanol–water partition coefficient (Wildman–Crippen LogP) is 5.95. The summed E-state index contributed by atoms with van der Waals surface area (Å²) < 4.78 is 0. The van der Waals surface area contributed by atoms with Crippen molar-refractivity contribution in [2.24, 2.45) is 52.1 Å². The third-order valence-corrected chi connectivity index (χ3v) is 14.0. The molecule has 4 rings (SSSR count). The van der Waals surface area contributed by atoms with E-state index >= 15 is 0 Å². The molecule has 0 aromatic heterocycles. The molecule has 0 heterocycles. The van der Waals surface area contributed by atoms with E-state index in [-0.39, 0.29) is 35.4 Å². The van der Waals surface area contributed by atoms with Crippen molar-refractivity contribution >= 4 is 5.91 Å². The zero-order valence-electron chi connectivity index (χ0n) is 31.9. The molecule has 276 valence electrons. The van der Waals surface area contributed by atoms with Crippen molar-refractivity contribution in [1.82, 2.24) is 20.9 Å². The molecule has 0 radical (unpaired) electrons. The highest BCUT2D eigenvalue weighted by Crippen LogP contribution is 2.68. The number of aliphatic hydroxyl groups is 1. The summed E-state index contributed by atoms with van der Waals surface area (Å²) in [7, 11) is 0. The second-order valence-electron chi connectivity index (χ2n) is 17.5. The third kappa shape index (κ3) is 9.19. The van der Waals surface area contributed by atoms with Gasteiger partial charge < -0.3 is 31.7 Å². The number of nitrogens with two attached hydrogens (primary N) is 1. The Kier molecular flexibility index (Phi) is 15.2. The number of nitrogens with zero attached hydrogens (tertiary/aromatic N) is 1. The molecule has 0 saturated heterocycles. The van der Waals surface area contributed by atoms with Crippen molar-refractivity contribution in [2.45, 2.75) is 156 Å². The maximum atomic E-state index is 13.2. The number of amides is 1. The van der Waals surface area contributed by atoms with Crippen LogP contribution >= 0.6 is 0 Å². The van der Waals surface area contributed by atoms with Crippen LogP contribution in [0.2, 0.25) is 0 Å². The molecule has 0 aromatic rings. The van der Waals surface area contributed by atoms with E-state index in [4.69, 9.17) is 12.2 Å². The molecule has 4 saturated carbocycles. The monoisotopic (exact) mass is 670 g/mol. The topological polar surface area (TPSA) is 103 Å². The molecule has 7 nitrogen and oxygen atoms in total. The zero-order valence-corrected chi connectivity index (χ0v) is 31.9. The van der Waals surface area contributed by atoms with Gasteiger partial charge in [-0.3, -0.25) is 4.79 Å². The number of hydrogen-bond donors (Lipinski definition) is 5. The van der Waals surface area contributed by atoms with Crippen molar-refractivity contribution in [3.05, 3.63) is 0 Å². The van der Waals surface area contributed by atoms with Crippen LogP contribution in [0.25, 0.3) is 0 Å². The second-order valence-corrected chi connectivity index (χ2v) is 17.5. The molecular formula is C41H75N5O2. The number of hydrogen-bond acceptors (Lipinski definition) is 6. The van der Waals surface area contributed by atoms with E-state index in [9.17, 15) is 9.90 Å². The van der Waals surface area contributed by atoms with Crippen molar-refractivity contribution in [1.29, 1.82) is 0 Å². The van der Waals surface area contributed by atoms with Gasteiger partial charge in [-0.1, -0.05) is 13.8 Å². The normalized spacial score (nSPS) is 35.1. The van der Waals surface area contributed by atoms with Gasteiger partial charge in [0.15, 0.2) is 0 Å². The smallest absolute Gasteiger partial charge is 0.223 e. The molecule has 1 amide bonds. The van der Waals surface area contributed by atoms with Gasteiger partial charge in [0.25, 0.3) is 0 Å². The largest absolute Gasteiger partial charge is 0.393 e. The Labute approximate surface area is 295 Å². The first-order valence-corrected chi connectivity index (χ1v) is 20.3. The average molecular weight is 670 g/mol. The highest BCUT2D eigenvalue weighted by atomic mass is 16.3. The number of unbranched alkanes of at least 4 members (excludes halogenated alkanes) is 1.